The van der Waals surface area contributed by atoms with Gasteiger partial charge in [-0.25, -0.2) is 4.98 Å². The number of H-pyrrole nitrogens is 1. The monoisotopic (exact) mass is 301 g/mol. The normalized spacial score (nSPS) is 21.3. The van der Waals surface area contributed by atoms with Gasteiger partial charge in [-0.15, -0.1) is 0 Å². The van der Waals surface area contributed by atoms with Gasteiger partial charge in [-0.05, 0) is 19.1 Å². The van der Waals surface area contributed by atoms with Crippen LogP contribution in [0.3, 0.4) is 0 Å². The van der Waals surface area contributed by atoms with Crippen molar-refractivity contribution in [3.05, 3.63) is 47.9 Å². The molecule has 3 heterocycles. The predicted molar refractivity (Wildman–Crippen MR) is 80.9 cm³/mol. The van der Waals surface area contributed by atoms with E-state index in [1.54, 1.807) is 18.5 Å². The number of carbonyl (C=O) groups excluding carboxylic acids is 1. The second kappa shape index (κ2) is 6.62. The smallest absolute Gasteiger partial charge is 0.253 e. The molecule has 2 N–H and O–H groups in total. The van der Waals surface area contributed by atoms with Gasteiger partial charge in [0.2, 0.25) is 5.88 Å². The molecule has 6 heteroatoms. The lowest BCUT2D eigenvalue weighted by Gasteiger charge is -2.32. The maximum atomic E-state index is 12.3. The fraction of sp³-hybridized carbons (Fsp3) is 0.375. The largest absolute Gasteiger partial charge is 0.472 e. The summed E-state index contributed by atoms with van der Waals surface area (Å²) in [6.45, 7) is 2.92. The molecule has 22 heavy (non-hydrogen) atoms. The van der Waals surface area contributed by atoms with Crippen LogP contribution in [-0.4, -0.2) is 41.2 Å². The zero-order valence-corrected chi connectivity index (χ0v) is 12.4. The summed E-state index contributed by atoms with van der Waals surface area (Å²) in [5, 5.41) is 3.00. The highest BCUT2D eigenvalue weighted by atomic mass is 16.5. The average Bonchev–Trinajstić information content (AvgIpc) is 2.96. The Labute approximate surface area is 128 Å². The number of aromatic nitrogens is 2. The molecule has 0 aromatic carbocycles. The zero-order chi connectivity index (χ0) is 15.4. The van der Waals surface area contributed by atoms with E-state index in [0.717, 1.165) is 5.69 Å². The van der Waals surface area contributed by atoms with Crippen LogP contribution in [0.4, 0.5) is 0 Å². The topological polar surface area (TPSA) is 76.2 Å². The number of pyridine rings is 1. The molecule has 1 saturated heterocycles. The first kappa shape index (κ1) is 14.6. The van der Waals surface area contributed by atoms with Crippen molar-refractivity contribution < 1.29 is 14.3 Å². The zero-order valence-electron chi connectivity index (χ0n) is 12.4. The van der Waals surface area contributed by atoms with Gasteiger partial charge in [0.1, 0.15) is 6.10 Å². The van der Waals surface area contributed by atoms with Crippen LogP contribution >= 0.6 is 0 Å². The maximum absolute atomic E-state index is 12.3. The van der Waals surface area contributed by atoms with Gasteiger partial charge in [0.25, 0.3) is 5.91 Å². The van der Waals surface area contributed by atoms with Gasteiger partial charge < -0.3 is 19.8 Å². The van der Waals surface area contributed by atoms with Gasteiger partial charge in [0, 0.05) is 30.6 Å². The van der Waals surface area contributed by atoms with Crippen molar-refractivity contribution in [2.24, 2.45) is 0 Å². The standard InChI is InChI=1S/C16H19N3O3/c1-11-12(5-8-17-11)16(20)19-13-10-21-9-6-14(13)22-15-4-2-3-7-18-15/h2-5,7-8,13-14,17H,6,9-10H2,1H3,(H,19,20)/t13-,14-/m1/s1. The van der Waals surface area contributed by atoms with Crippen molar-refractivity contribution in [2.75, 3.05) is 13.2 Å². The molecular weight excluding hydrogens is 282 g/mol. The van der Waals surface area contributed by atoms with E-state index in [4.69, 9.17) is 9.47 Å². The Balaban J connectivity index is 1.67. The second-order valence-electron chi connectivity index (χ2n) is 5.28. The summed E-state index contributed by atoms with van der Waals surface area (Å²) < 4.78 is 11.4. The van der Waals surface area contributed by atoms with Crippen molar-refractivity contribution in [3.63, 3.8) is 0 Å². The number of nitrogens with zero attached hydrogens (tertiary/aromatic N) is 1. The molecule has 1 aliphatic heterocycles. The molecular formula is C16H19N3O3. The van der Waals surface area contributed by atoms with Gasteiger partial charge in [0.15, 0.2) is 0 Å². The molecule has 1 amide bonds. The Bertz CT molecular complexity index is 627. The Morgan fingerprint density at radius 3 is 3.09 bits per heavy atom. The summed E-state index contributed by atoms with van der Waals surface area (Å²) >= 11 is 0. The van der Waals surface area contributed by atoms with Crippen molar-refractivity contribution in [2.45, 2.75) is 25.5 Å². The van der Waals surface area contributed by atoms with Crippen LogP contribution in [0.2, 0.25) is 0 Å². The summed E-state index contributed by atoms with van der Waals surface area (Å²) in [5.74, 6) is 0.440. The number of nitrogens with one attached hydrogen (secondary N) is 2. The lowest BCUT2D eigenvalue weighted by Crippen LogP contribution is -2.52. The number of aryl methyl sites for hydroxylation is 1. The van der Waals surface area contributed by atoms with Crippen molar-refractivity contribution >= 4 is 5.91 Å². The molecule has 2 atom stereocenters. The summed E-state index contributed by atoms with van der Waals surface area (Å²) in [6.07, 6.45) is 4.01. The summed E-state index contributed by atoms with van der Waals surface area (Å²) in [4.78, 5) is 19.5. The van der Waals surface area contributed by atoms with Crippen LogP contribution in [0.15, 0.2) is 36.7 Å². The molecule has 2 aromatic heterocycles. The third kappa shape index (κ3) is 3.28. The third-order valence-electron chi connectivity index (χ3n) is 3.72. The number of hydrogen-bond acceptors (Lipinski definition) is 4. The van der Waals surface area contributed by atoms with Crippen LogP contribution in [0.25, 0.3) is 0 Å². The van der Waals surface area contributed by atoms with E-state index in [9.17, 15) is 4.79 Å². The molecule has 0 unspecified atom stereocenters. The van der Waals surface area contributed by atoms with Crippen molar-refractivity contribution in [1.82, 2.24) is 15.3 Å². The maximum Gasteiger partial charge on any atom is 0.253 e. The lowest BCUT2D eigenvalue weighted by molar-refractivity contribution is -0.00449. The molecule has 0 saturated carbocycles. The highest BCUT2D eigenvalue weighted by Crippen LogP contribution is 2.16. The van der Waals surface area contributed by atoms with Crippen LogP contribution in [0.1, 0.15) is 22.5 Å². The molecule has 0 bridgehead atoms. The fourth-order valence-corrected chi connectivity index (χ4v) is 2.51. The van der Waals surface area contributed by atoms with Crippen LogP contribution in [-0.2, 0) is 4.74 Å². The molecule has 116 valence electrons. The minimum atomic E-state index is -0.197. The van der Waals surface area contributed by atoms with Crippen LogP contribution < -0.4 is 10.1 Å². The third-order valence-corrected chi connectivity index (χ3v) is 3.72. The molecule has 1 fully saturated rings. The number of rotatable bonds is 4. The van der Waals surface area contributed by atoms with Gasteiger partial charge in [-0.1, -0.05) is 6.07 Å². The number of ether oxygens (including phenoxy) is 2. The summed E-state index contributed by atoms with van der Waals surface area (Å²) in [7, 11) is 0. The van der Waals surface area contributed by atoms with Crippen molar-refractivity contribution in [3.8, 4) is 5.88 Å². The SMILES string of the molecule is Cc1[nH]ccc1C(=O)N[C@@H]1COCC[C@H]1Oc1ccccn1. The van der Waals surface area contributed by atoms with Crippen LogP contribution in [0, 0.1) is 6.92 Å². The van der Waals surface area contributed by atoms with E-state index in [2.05, 4.69) is 15.3 Å². The van der Waals surface area contributed by atoms with Gasteiger partial charge in [0.05, 0.1) is 24.8 Å². The van der Waals surface area contributed by atoms with E-state index in [-0.39, 0.29) is 18.1 Å². The van der Waals surface area contributed by atoms with E-state index >= 15 is 0 Å². The highest BCUT2D eigenvalue weighted by molar-refractivity contribution is 5.95. The molecule has 1 aliphatic rings. The highest BCUT2D eigenvalue weighted by Gasteiger charge is 2.30. The fourth-order valence-electron chi connectivity index (χ4n) is 2.51. The second-order valence-corrected chi connectivity index (χ2v) is 5.28. The number of aromatic amines is 1. The van der Waals surface area contributed by atoms with E-state index in [1.165, 1.54) is 0 Å². The molecule has 2 aromatic rings. The Morgan fingerprint density at radius 2 is 2.36 bits per heavy atom. The molecule has 0 radical (unpaired) electrons. The number of carbonyl (C=O) groups is 1. The van der Waals surface area contributed by atoms with E-state index in [0.29, 0.717) is 31.1 Å². The van der Waals surface area contributed by atoms with Crippen molar-refractivity contribution in [1.29, 1.82) is 0 Å². The van der Waals surface area contributed by atoms with Gasteiger partial charge >= 0.3 is 0 Å². The van der Waals surface area contributed by atoms with Gasteiger partial charge in [-0.2, -0.15) is 0 Å². The van der Waals surface area contributed by atoms with E-state index < -0.39 is 0 Å². The molecule has 0 aliphatic carbocycles. The lowest BCUT2D eigenvalue weighted by atomic mass is 10.1. The first-order valence-corrected chi connectivity index (χ1v) is 7.34. The first-order chi connectivity index (χ1) is 10.7. The number of amides is 1. The molecule has 0 spiro atoms. The quantitative estimate of drug-likeness (QED) is 0.901. The average molecular weight is 301 g/mol. The van der Waals surface area contributed by atoms with E-state index in [1.807, 2.05) is 25.1 Å². The molecule has 6 nitrogen and oxygen atoms in total. The van der Waals surface area contributed by atoms with Crippen LogP contribution in [0.5, 0.6) is 5.88 Å². The Hall–Kier alpha value is -2.34. The summed E-state index contributed by atoms with van der Waals surface area (Å²) in [5.41, 5.74) is 1.48. The van der Waals surface area contributed by atoms with Gasteiger partial charge in [-0.3, -0.25) is 4.79 Å². The summed E-state index contributed by atoms with van der Waals surface area (Å²) in [6, 6.07) is 7.09. The molecule has 3 rings (SSSR count). The minimum absolute atomic E-state index is 0.121. The first-order valence-electron chi connectivity index (χ1n) is 7.34. The Kier molecular flexibility index (Phi) is 4.39. The predicted octanol–water partition coefficient (Wildman–Crippen LogP) is 1.68. The minimum Gasteiger partial charge on any atom is -0.472 e. The Morgan fingerprint density at radius 1 is 1.45 bits per heavy atom. The number of hydrogen-bond donors (Lipinski definition) is 2.